The molecule has 8 heteroatoms. The summed E-state index contributed by atoms with van der Waals surface area (Å²) in [6.07, 6.45) is 3.34. The predicted octanol–water partition coefficient (Wildman–Crippen LogP) is 5.80. The number of hydrogen-bond donors (Lipinski definition) is 1. The summed E-state index contributed by atoms with van der Waals surface area (Å²) in [6, 6.07) is 15.0. The molecule has 0 saturated carbocycles. The van der Waals surface area contributed by atoms with Crippen molar-refractivity contribution in [2.75, 3.05) is 10.2 Å². The molecular formula is C20H13Cl2FN4S. The Hall–Kier alpha value is -2.72. The second-order valence-electron chi connectivity index (χ2n) is 5.75. The molecule has 0 spiro atoms. The molecule has 0 aliphatic carbocycles. The lowest BCUT2D eigenvalue weighted by molar-refractivity contribution is 0.623. The maximum Gasteiger partial charge on any atom is 0.178 e. The van der Waals surface area contributed by atoms with Crippen LogP contribution in [-0.2, 0) is 6.54 Å². The number of halogens is 3. The van der Waals surface area contributed by atoms with Crippen molar-refractivity contribution >= 4 is 51.9 Å². The zero-order valence-electron chi connectivity index (χ0n) is 14.4. The number of pyridine rings is 1. The topological polar surface area (TPSA) is 52.0 Å². The van der Waals surface area contributed by atoms with Crippen LogP contribution in [0.15, 0.2) is 60.9 Å². The molecular weight excluding hydrogens is 418 g/mol. The largest absolute Gasteiger partial charge is 0.332 e. The zero-order valence-corrected chi connectivity index (χ0v) is 16.7. The maximum absolute atomic E-state index is 14.2. The molecule has 3 aromatic rings. The van der Waals surface area contributed by atoms with Gasteiger partial charge in [0.15, 0.2) is 5.11 Å². The standard InChI is InChI=1S/C20H13Cl2FN4S/c21-16-7-6-14(9-17(16)22)26-20(28)27(12-13-3-2-8-25-11-13)19-5-1-4-18(23)15(19)10-24/h1-9,11H,12H2,(H,26,28). The van der Waals surface area contributed by atoms with Crippen molar-refractivity contribution in [3.8, 4) is 6.07 Å². The molecule has 1 heterocycles. The lowest BCUT2D eigenvalue weighted by atomic mass is 10.1. The van der Waals surface area contributed by atoms with E-state index in [2.05, 4.69) is 10.3 Å². The highest BCUT2D eigenvalue weighted by atomic mass is 35.5. The molecule has 2 aromatic carbocycles. The van der Waals surface area contributed by atoms with E-state index in [0.29, 0.717) is 28.0 Å². The van der Waals surface area contributed by atoms with Crippen molar-refractivity contribution in [2.45, 2.75) is 6.54 Å². The van der Waals surface area contributed by atoms with Gasteiger partial charge in [-0.1, -0.05) is 35.3 Å². The number of nitriles is 1. The quantitative estimate of drug-likeness (QED) is 0.529. The molecule has 0 saturated heterocycles. The second-order valence-corrected chi connectivity index (χ2v) is 6.95. The van der Waals surface area contributed by atoms with Gasteiger partial charge in [0, 0.05) is 18.1 Å². The van der Waals surface area contributed by atoms with Crippen LogP contribution in [0.25, 0.3) is 0 Å². The summed E-state index contributed by atoms with van der Waals surface area (Å²) < 4.78 is 14.2. The first kappa shape index (κ1) is 20.0. The maximum atomic E-state index is 14.2. The summed E-state index contributed by atoms with van der Waals surface area (Å²) in [6.45, 7) is 0.291. The summed E-state index contributed by atoms with van der Waals surface area (Å²) in [5.41, 5.74) is 1.72. The smallest absolute Gasteiger partial charge is 0.178 e. The van der Waals surface area contributed by atoms with Gasteiger partial charge in [0.1, 0.15) is 17.4 Å². The predicted molar refractivity (Wildman–Crippen MR) is 114 cm³/mol. The first-order valence-electron chi connectivity index (χ1n) is 8.10. The lowest BCUT2D eigenvalue weighted by Gasteiger charge is -2.27. The number of rotatable bonds is 4. The number of aromatic nitrogens is 1. The number of nitrogens with one attached hydrogen (secondary N) is 1. The van der Waals surface area contributed by atoms with Crippen LogP contribution in [0.1, 0.15) is 11.1 Å². The van der Waals surface area contributed by atoms with E-state index in [0.717, 1.165) is 5.56 Å². The summed E-state index contributed by atoms with van der Waals surface area (Å²) in [5.74, 6) is -0.617. The number of nitrogens with zero attached hydrogens (tertiary/aromatic N) is 3. The van der Waals surface area contributed by atoms with Gasteiger partial charge in [0.05, 0.1) is 22.3 Å². The first-order chi connectivity index (χ1) is 13.5. The molecule has 1 N–H and O–H groups in total. The fourth-order valence-electron chi connectivity index (χ4n) is 2.55. The van der Waals surface area contributed by atoms with Gasteiger partial charge in [-0.2, -0.15) is 5.26 Å². The minimum atomic E-state index is -0.617. The summed E-state index contributed by atoms with van der Waals surface area (Å²) >= 11 is 17.6. The number of hydrogen-bond acceptors (Lipinski definition) is 3. The molecule has 0 radical (unpaired) electrons. The fraction of sp³-hybridized carbons (Fsp3) is 0.0500. The van der Waals surface area contributed by atoms with Crippen LogP contribution in [-0.4, -0.2) is 10.1 Å². The Labute approximate surface area is 177 Å². The van der Waals surface area contributed by atoms with Gasteiger partial charge in [-0.15, -0.1) is 0 Å². The average molecular weight is 431 g/mol. The van der Waals surface area contributed by atoms with Gasteiger partial charge < -0.3 is 10.2 Å². The fourth-order valence-corrected chi connectivity index (χ4v) is 3.13. The van der Waals surface area contributed by atoms with Crippen molar-refractivity contribution in [2.24, 2.45) is 0 Å². The molecule has 3 rings (SSSR count). The Balaban J connectivity index is 1.98. The Morgan fingerprint density at radius 2 is 2.00 bits per heavy atom. The monoisotopic (exact) mass is 430 g/mol. The van der Waals surface area contributed by atoms with Crippen LogP contribution in [0, 0.1) is 17.1 Å². The molecule has 0 aliphatic heterocycles. The molecule has 1 aromatic heterocycles. The van der Waals surface area contributed by atoms with Crippen molar-refractivity contribution in [1.82, 2.24) is 4.98 Å². The van der Waals surface area contributed by atoms with E-state index in [1.807, 2.05) is 12.1 Å². The average Bonchev–Trinajstić information content (AvgIpc) is 2.69. The van der Waals surface area contributed by atoms with Crippen LogP contribution in [0.2, 0.25) is 10.0 Å². The Kier molecular flexibility index (Phi) is 6.42. The molecule has 0 atom stereocenters. The van der Waals surface area contributed by atoms with Crippen molar-refractivity contribution in [3.05, 3.63) is 87.9 Å². The number of thiocarbonyl (C=S) groups is 1. The van der Waals surface area contributed by atoms with Crippen molar-refractivity contribution < 1.29 is 4.39 Å². The molecule has 0 amide bonds. The van der Waals surface area contributed by atoms with Crippen LogP contribution in [0.5, 0.6) is 0 Å². The highest BCUT2D eigenvalue weighted by Gasteiger charge is 2.19. The first-order valence-corrected chi connectivity index (χ1v) is 9.27. The molecule has 28 heavy (non-hydrogen) atoms. The van der Waals surface area contributed by atoms with E-state index in [1.54, 1.807) is 47.6 Å². The van der Waals surface area contributed by atoms with Crippen molar-refractivity contribution in [3.63, 3.8) is 0 Å². The van der Waals surface area contributed by atoms with Gasteiger partial charge in [0.25, 0.3) is 0 Å². The molecule has 4 nitrogen and oxygen atoms in total. The van der Waals surface area contributed by atoms with E-state index in [9.17, 15) is 9.65 Å². The normalized spacial score (nSPS) is 10.2. The van der Waals surface area contributed by atoms with Crippen LogP contribution >= 0.6 is 35.4 Å². The van der Waals surface area contributed by atoms with Gasteiger partial charge in [-0.05, 0) is 54.2 Å². The van der Waals surface area contributed by atoms with Crippen LogP contribution in [0.3, 0.4) is 0 Å². The Bertz CT molecular complexity index is 1050. The van der Waals surface area contributed by atoms with Gasteiger partial charge >= 0.3 is 0 Å². The van der Waals surface area contributed by atoms with E-state index in [-0.39, 0.29) is 10.7 Å². The number of benzene rings is 2. The third-order valence-corrected chi connectivity index (χ3v) is 4.94. The van der Waals surface area contributed by atoms with Crippen molar-refractivity contribution in [1.29, 1.82) is 5.26 Å². The summed E-state index contributed by atoms with van der Waals surface area (Å²) in [4.78, 5) is 5.73. The minimum absolute atomic E-state index is 0.0929. The van der Waals surface area contributed by atoms with Crippen LogP contribution < -0.4 is 10.2 Å². The lowest BCUT2D eigenvalue weighted by Crippen LogP contribution is -2.35. The summed E-state index contributed by atoms with van der Waals surface area (Å²) in [7, 11) is 0. The van der Waals surface area contributed by atoms with Gasteiger partial charge in [-0.3, -0.25) is 4.98 Å². The summed E-state index contributed by atoms with van der Waals surface area (Å²) in [5, 5.41) is 13.5. The zero-order chi connectivity index (χ0) is 20.1. The Morgan fingerprint density at radius 3 is 2.68 bits per heavy atom. The molecule has 0 bridgehead atoms. The second kappa shape index (κ2) is 8.98. The Morgan fingerprint density at radius 1 is 1.18 bits per heavy atom. The van der Waals surface area contributed by atoms with E-state index in [1.165, 1.54) is 12.1 Å². The highest BCUT2D eigenvalue weighted by Crippen LogP contribution is 2.28. The van der Waals surface area contributed by atoms with E-state index >= 15 is 0 Å². The van der Waals surface area contributed by atoms with Crippen LogP contribution in [0.4, 0.5) is 15.8 Å². The minimum Gasteiger partial charge on any atom is -0.332 e. The SMILES string of the molecule is N#Cc1c(F)cccc1N(Cc1cccnc1)C(=S)Nc1ccc(Cl)c(Cl)c1. The molecule has 140 valence electrons. The third-order valence-electron chi connectivity index (χ3n) is 3.87. The number of anilines is 2. The van der Waals surface area contributed by atoms with Gasteiger partial charge in [-0.25, -0.2) is 4.39 Å². The van der Waals surface area contributed by atoms with E-state index < -0.39 is 5.82 Å². The molecule has 0 fully saturated rings. The van der Waals surface area contributed by atoms with E-state index in [4.69, 9.17) is 35.4 Å². The molecule has 0 aliphatic rings. The highest BCUT2D eigenvalue weighted by molar-refractivity contribution is 7.80. The molecule has 0 unspecified atom stereocenters. The van der Waals surface area contributed by atoms with Gasteiger partial charge in [0.2, 0.25) is 0 Å². The third kappa shape index (κ3) is 4.57.